The van der Waals surface area contributed by atoms with E-state index in [2.05, 4.69) is 10.5 Å². The standard InChI is InChI=1S/C11H16N2O3/c1-7-6-10(13-16-7)11(15)12-8-2-4-9(14)5-3-8/h6,8-9,14H,2-5H2,1H3,(H,12,15). The molecule has 0 aromatic carbocycles. The van der Waals surface area contributed by atoms with Gasteiger partial charge < -0.3 is 14.9 Å². The predicted octanol–water partition coefficient (Wildman–Crippen LogP) is 1.02. The van der Waals surface area contributed by atoms with E-state index in [9.17, 15) is 9.90 Å². The number of nitrogens with one attached hydrogen (secondary N) is 1. The quantitative estimate of drug-likeness (QED) is 0.786. The fourth-order valence-electron chi connectivity index (χ4n) is 1.95. The zero-order valence-corrected chi connectivity index (χ0v) is 9.27. The molecule has 1 aliphatic rings. The van der Waals surface area contributed by atoms with Crippen LogP contribution in [-0.4, -0.2) is 28.3 Å². The summed E-state index contributed by atoms with van der Waals surface area (Å²) < 4.78 is 4.84. The molecule has 2 rings (SSSR count). The van der Waals surface area contributed by atoms with Crippen molar-refractivity contribution in [2.45, 2.75) is 44.8 Å². The predicted molar refractivity (Wildman–Crippen MR) is 57.0 cm³/mol. The summed E-state index contributed by atoms with van der Waals surface area (Å²) in [5, 5.41) is 15.9. The highest BCUT2D eigenvalue weighted by Crippen LogP contribution is 2.18. The number of aliphatic hydroxyl groups is 1. The minimum Gasteiger partial charge on any atom is -0.393 e. The number of aryl methyl sites for hydroxylation is 1. The Morgan fingerprint density at radius 2 is 2.19 bits per heavy atom. The molecule has 0 aliphatic heterocycles. The SMILES string of the molecule is Cc1cc(C(=O)NC2CCC(O)CC2)no1. The summed E-state index contributed by atoms with van der Waals surface area (Å²) in [6.45, 7) is 1.75. The summed E-state index contributed by atoms with van der Waals surface area (Å²) in [5.41, 5.74) is 0.323. The second-order valence-electron chi connectivity index (χ2n) is 4.30. The minimum absolute atomic E-state index is 0.146. The van der Waals surface area contributed by atoms with Gasteiger partial charge in [0.1, 0.15) is 5.76 Å². The molecule has 16 heavy (non-hydrogen) atoms. The maximum Gasteiger partial charge on any atom is 0.273 e. The van der Waals surface area contributed by atoms with E-state index in [-0.39, 0.29) is 18.1 Å². The van der Waals surface area contributed by atoms with E-state index in [1.165, 1.54) is 0 Å². The molecule has 1 saturated carbocycles. The molecular weight excluding hydrogens is 208 g/mol. The number of rotatable bonds is 2. The van der Waals surface area contributed by atoms with Gasteiger partial charge in [0.05, 0.1) is 6.10 Å². The van der Waals surface area contributed by atoms with Crippen molar-refractivity contribution < 1.29 is 14.4 Å². The van der Waals surface area contributed by atoms with Crippen LogP contribution in [0.5, 0.6) is 0 Å². The van der Waals surface area contributed by atoms with E-state index in [0.29, 0.717) is 11.5 Å². The Bertz CT molecular complexity index is 367. The van der Waals surface area contributed by atoms with Gasteiger partial charge in [0.25, 0.3) is 5.91 Å². The third-order valence-corrected chi connectivity index (χ3v) is 2.89. The Morgan fingerprint density at radius 3 is 2.75 bits per heavy atom. The van der Waals surface area contributed by atoms with Gasteiger partial charge in [-0.1, -0.05) is 5.16 Å². The van der Waals surface area contributed by atoms with Gasteiger partial charge in [-0.05, 0) is 32.6 Å². The average Bonchev–Trinajstić information content (AvgIpc) is 2.68. The van der Waals surface area contributed by atoms with E-state index in [4.69, 9.17) is 4.52 Å². The summed E-state index contributed by atoms with van der Waals surface area (Å²) in [5.74, 6) is 0.433. The molecule has 0 bridgehead atoms. The largest absolute Gasteiger partial charge is 0.393 e. The second-order valence-corrected chi connectivity index (χ2v) is 4.30. The molecule has 1 heterocycles. The first-order valence-electron chi connectivity index (χ1n) is 5.57. The molecule has 1 aromatic rings. The lowest BCUT2D eigenvalue weighted by Gasteiger charge is -2.25. The fourth-order valence-corrected chi connectivity index (χ4v) is 1.95. The molecule has 1 fully saturated rings. The Labute approximate surface area is 93.8 Å². The van der Waals surface area contributed by atoms with E-state index >= 15 is 0 Å². The monoisotopic (exact) mass is 224 g/mol. The zero-order chi connectivity index (χ0) is 11.5. The molecule has 1 amide bonds. The van der Waals surface area contributed by atoms with E-state index in [0.717, 1.165) is 25.7 Å². The summed E-state index contributed by atoms with van der Waals surface area (Å²) >= 11 is 0. The minimum atomic E-state index is -0.206. The van der Waals surface area contributed by atoms with Gasteiger partial charge in [0.2, 0.25) is 0 Å². The molecule has 0 unspecified atom stereocenters. The van der Waals surface area contributed by atoms with Crippen LogP contribution in [0.4, 0.5) is 0 Å². The number of aliphatic hydroxyl groups excluding tert-OH is 1. The number of carbonyl (C=O) groups is 1. The van der Waals surface area contributed by atoms with Crippen LogP contribution in [0.3, 0.4) is 0 Å². The molecule has 1 aromatic heterocycles. The van der Waals surface area contributed by atoms with Gasteiger partial charge in [-0.2, -0.15) is 0 Å². The molecule has 0 atom stereocenters. The highest BCUT2D eigenvalue weighted by atomic mass is 16.5. The van der Waals surface area contributed by atoms with Crippen molar-refractivity contribution in [2.75, 3.05) is 0 Å². The molecule has 1 aliphatic carbocycles. The molecule has 0 saturated heterocycles. The van der Waals surface area contributed by atoms with Crippen LogP contribution in [0.1, 0.15) is 41.9 Å². The van der Waals surface area contributed by atoms with Crippen LogP contribution >= 0.6 is 0 Å². The van der Waals surface area contributed by atoms with Crippen LogP contribution in [-0.2, 0) is 0 Å². The smallest absolute Gasteiger partial charge is 0.273 e. The topological polar surface area (TPSA) is 75.4 Å². The molecule has 0 spiro atoms. The summed E-state index contributed by atoms with van der Waals surface area (Å²) in [6.07, 6.45) is 2.95. The number of hydrogen-bond donors (Lipinski definition) is 2. The summed E-state index contributed by atoms with van der Waals surface area (Å²) in [7, 11) is 0. The second kappa shape index (κ2) is 4.65. The highest BCUT2D eigenvalue weighted by molar-refractivity contribution is 5.92. The van der Waals surface area contributed by atoms with Crippen LogP contribution < -0.4 is 5.32 Å². The van der Waals surface area contributed by atoms with Crippen LogP contribution in [0, 0.1) is 6.92 Å². The fraction of sp³-hybridized carbons (Fsp3) is 0.636. The Balaban J connectivity index is 1.88. The van der Waals surface area contributed by atoms with E-state index in [1.54, 1.807) is 13.0 Å². The van der Waals surface area contributed by atoms with Crippen LogP contribution in [0.25, 0.3) is 0 Å². The van der Waals surface area contributed by atoms with Crippen LogP contribution in [0.15, 0.2) is 10.6 Å². The molecule has 0 radical (unpaired) electrons. The van der Waals surface area contributed by atoms with Crippen molar-refractivity contribution in [1.82, 2.24) is 10.5 Å². The molecule has 5 heteroatoms. The number of amides is 1. The van der Waals surface area contributed by atoms with Gasteiger partial charge in [-0.25, -0.2) is 0 Å². The van der Waals surface area contributed by atoms with Gasteiger partial charge >= 0.3 is 0 Å². The number of nitrogens with zero attached hydrogens (tertiary/aromatic N) is 1. The first kappa shape index (κ1) is 11.1. The van der Waals surface area contributed by atoms with Crippen molar-refractivity contribution in [3.63, 3.8) is 0 Å². The normalized spacial score (nSPS) is 25.4. The maximum absolute atomic E-state index is 11.7. The molecule has 5 nitrogen and oxygen atoms in total. The lowest BCUT2D eigenvalue weighted by atomic mass is 9.93. The lowest BCUT2D eigenvalue weighted by Crippen LogP contribution is -2.38. The number of hydrogen-bond acceptors (Lipinski definition) is 4. The molecule has 88 valence electrons. The summed E-state index contributed by atoms with van der Waals surface area (Å²) in [4.78, 5) is 11.7. The third-order valence-electron chi connectivity index (χ3n) is 2.89. The van der Waals surface area contributed by atoms with Crippen molar-refractivity contribution in [1.29, 1.82) is 0 Å². The first-order chi connectivity index (χ1) is 7.65. The first-order valence-corrected chi connectivity index (χ1v) is 5.57. The Morgan fingerprint density at radius 1 is 1.50 bits per heavy atom. The Hall–Kier alpha value is -1.36. The van der Waals surface area contributed by atoms with Crippen molar-refractivity contribution in [2.24, 2.45) is 0 Å². The zero-order valence-electron chi connectivity index (χ0n) is 9.27. The van der Waals surface area contributed by atoms with Gasteiger partial charge in [-0.15, -0.1) is 0 Å². The van der Waals surface area contributed by atoms with Crippen molar-refractivity contribution in [3.05, 3.63) is 17.5 Å². The Kier molecular flexibility index (Phi) is 3.24. The van der Waals surface area contributed by atoms with Crippen molar-refractivity contribution >= 4 is 5.91 Å². The molecule has 2 N–H and O–H groups in total. The number of carbonyl (C=O) groups excluding carboxylic acids is 1. The third kappa shape index (κ3) is 2.61. The van der Waals surface area contributed by atoms with Gasteiger partial charge in [-0.3, -0.25) is 4.79 Å². The number of aromatic nitrogens is 1. The van der Waals surface area contributed by atoms with Crippen molar-refractivity contribution in [3.8, 4) is 0 Å². The average molecular weight is 224 g/mol. The summed E-state index contributed by atoms with van der Waals surface area (Å²) in [6, 6.07) is 1.76. The molecular formula is C11H16N2O3. The van der Waals surface area contributed by atoms with Gasteiger partial charge in [0.15, 0.2) is 5.69 Å². The van der Waals surface area contributed by atoms with E-state index in [1.807, 2.05) is 0 Å². The van der Waals surface area contributed by atoms with Crippen LogP contribution in [0.2, 0.25) is 0 Å². The maximum atomic E-state index is 11.7. The van der Waals surface area contributed by atoms with Gasteiger partial charge in [0, 0.05) is 12.1 Å². The lowest BCUT2D eigenvalue weighted by molar-refractivity contribution is 0.0859. The highest BCUT2D eigenvalue weighted by Gasteiger charge is 2.22. The van der Waals surface area contributed by atoms with E-state index < -0.39 is 0 Å².